The van der Waals surface area contributed by atoms with Crippen LogP contribution in [0.4, 0.5) is 0 Å². The van der Waals surface area contributed by atoms with E-state index < -0.39 is 0 Å². The fraction of sp³-hybridized carbons (Fsp3) is 0.364. The molecule has 0 N–H and O–H groups in total. The minimum Gasteiger partial charge on any atom is -0.298 e. The number of unbranched alkanes of at least 4 members (excludes halogenated alkanes) is 2. The zero-order valence-electron chi connectivity index (χ0n) is 14.5. The van der Waals surface area contributed by atoms with Crippen LogP contribution in [0.15, 0.2) is 66.8 Å². The topological polar surface area (TPSA) is 3.24 Å². The first-order valence-corrected chi connectivity index (χ1v) is 8.76. The Labute approximate surface area is 141 Å². The molecule has 0 atom stereocenters. The van der Waals surface area contributed by atoms with Crippen LogP contribution in [-0.4, -0.2) is 18.5 Å². The van der Waals surface area contributed by atoms with Gasteiger partial charge in [0.2, 0.25) is 0 Å². The van der Waals surface area contributed by atoms with E-state index >= 15 is 0 Å². The van der Waals surface area contributed by atoms with Crippen LogP contribution in [0.2, 0.25) is 0 Å². The van der Waals surface area contributed by atoms with E-state index in [-0.39, 0.29) is 0 Å². The third-order valence-electron chi connectivity index (χ3n) is 4.07. The summed E-state index contributed by atoms with van der Waals surface area (Å²) < 4.78 is 0. The zero-order chi connectivity index (χ0) is 16.3. The van der Waals surface area contributed by atoms with Crippen LogP contribution in [0.5, 0.6) is 0 Å². The average Bonchev–Trinajstić information content (AvgIpc) is 2.57. The highest BCUT2D eigenvalue weighted by Gasteiger charge is 2.02. The highest BCUT2D eigenvalue weighted by molar-refractivity contribution is 5.85. The predicted molar refractivity (Wildman–Crippen MR) is 103 cm³/mol. The zero-order valence-corrected chi connectivity index (χ0v) is 14.5. The summed E-state index contributed by atoms with van der Waals surface area (Å²) in [4.78, 5) is 2.36. The van der Waals surface area contributed by atoms with Crippen molar-refractivity contribution in [3.8, 4) is 0 Å². The lowest BCUT2D eigenvalue weighted by molar-refractivity contribution is 0.364. The highest BCUT2D eigenvalue weighted by Crippen LogP contribution is 2.19. The van der Waals surface area contributed by atoms with Gasteiger partial charge in [-0.15, -0.1) is 0 Å². The fourth-order valence-electron chi connectivity index (χ4n) is 2.75. The van der Waals surface area contributed by atoms with Crippen molar-refractivity contribution in [1.29, 1.82) is 0 Å². The minimum atomic E-state index is 0.984. The second-order valence-corrected chi connectivity index (χ2v) is 6.16. The standard InChI is InChI=1S/C22H29N/c1-3-4-5-6-7-8-9-12-18-23(2)19-21-16-13-15-20-14-10-11-17-22(20)21/h6-7,9-17H,3-5,8,18-19H2,1-2H3/b7-6+,12-9+. The summed E-state index contributed by atoms with van der Waals surface area (Å²) >= 11 is 0. The van der Waals surface area contributed by atoms with Crippen LogP contribution in [0.3, 0.4) is 0 Å². The number of nitrogens with zero attached hydrogens (tertiary/aromatic N) is 1. The number of hydrogen-bond acceptors (Lipinski definition) is 1. The monoisotopic (exact) mass is 307 g/mol. The maximum atomic E-state index is 2.36. The molecule has 0 spiro atoms. The first kappa shape index (κ1) is 17.5. The van der Waals surface area contributed by atoms with Crippen molar-refractivity contribution in [1.82, 2.24) is 4.90 Å². The Kier molecular flexibility index (Phi) is 7.62. The molecule has 0 saturated heterocycles. The maximum Gasteiger partial charge on any atom is 0.0240 e. The third-order valence-corrected chi connectivity index (χ3v) is 4.07. The van der Waals surface area contributed by atoms with E-state index in [1.807, 2.05) is 0 Å². The predicted octanol–water partition coefficient (Wildman–Crippen LogP) is 5.96. The lowest BCUT2D eigenvalue weighted by Gasteiger charge is -2.16. The van der Waals surface area contributed by atoms with Gasteiger partial charge in [0, 0.05) is 13.1 Å². The molecule has 0 heterocycles. The van der Waals surface area contributed by atoms with Gasteiger partial charge in [0.15, 0.2) is 0 Å². The van der Waals surface area contributed by atoms with Crippen molar-refractivity contribution in [3.63, 3.8) is 0 Å². The highest BCUT2D eigenvalue weighted by atomic mass is 15.1. The Morgan fingerprint density at radius 2 is 1.70 bits per heavy atom. The molecule has 1 nitrogen and oxygen atoms in total. The summed E-state index contributed by atoms with van der Waals surface area (Å²) in [5, 5.41) is 2.69. The van der Waals surface area contributed by atoms with Gasteiger partial charge in [-0.2, -0.15) is 0 Å². The molecule has 0 saturated carbocycles. The molecule has 0 fully saturated rings. The summed E-state index contributed by atoms with van der Waals surface area (Å²) in [7, 11) is 2.18. The van der Waals surface area contributed by atoms with Crippen LogP contribution in [0.1, 0.15) is 38.2 Å². The second kappa shape index (κ2) is 10.0. The van der Waals surface area contributed by atoms with Gasteiger partial charge in [0.1, 0.15) is 0 Å². The molecule has 0 amide bonds. The molecule has 23 heavy (non-hydrogen) atoms. The Hall–Kier alpha value is -1.86. The molecular weight excluding hydrogens is 278 g/mol. The molecule has 0 aliphatic rings. The van der Waals surface area contributed by atoms with Gasteiger partial charge in [-0.25, -0.2) is 0 Å². The minimum absolute atomic E-state index is 0.984. The summed E-state index contributed by atoms with van der Waals surface area (Å²) in [5.74, 6) is 0. The average molecular weight is 307 g/mol. The SMILES string of the molecule is CCCC/C=C/C/C=C/CN(C)Cc1cccc2ccccc12. The summed E-state index contributed by atoms with van der Waals surface area (Å²) in [6.07, 6.45) is 14.0. The van der Waals surface area contributed by atoms with Crippen LogP contribution in [-0.2, 0) is 6.54 Å². The molecule has 0 aromatic heterocycles. The molecular formula is C22H29N. The van der Waals surface area contributed by atoms with E-state index in [2.05, 4.69) is 85.6 Å². The second-order valence-electron chi connectivity index (χ2n) is 6.16. The van der Waals surface area contributed by atoms with Crippen molar-refractivity contribution in [2.75, 3.05) is 13.6 Å². The van der Waals surface area contributed by atoms with E-state index in [9.17, 15) is 0 Å². The summed E-state index contributed by atoms with van der Waals surface area (Å²) in [6.45, 7) is 4.21. The van der Waals surface area contributed by atoms with Crippen LogP contribution in [0.25, 0.3) is 10.8 Å². The molecule has 2 aromatic rings. The van der Waals surface area contributed by atoms with E-state index in [1.165, 1.54) is 35.6 Å². The first-order chi connectivity index (χ1) is 11.3. The van der Waals surface area contributed by atoms with Gasteiger partial charge in [0.25, 0.3) is 0 Å². The molecule has 1 heteroatoms. The van der Waals surface area contributed by atoms with Crippen LogP contribution >= 0.6 is 0 Å². The lowest BCUT2D eigenvalue weighted by atomic mass is 10.0. The largest absolute Gasteiger partial charge is 0.298 e. The number of fused-ring (bicyclic) bond motifs is 1. The van der Waals surface area contributed by atoms with E-state index in [0.29, 0.717) is 0 Å². The Morgan fingerprint density at radius 1 is 0.913 bits per heavy atom. The molecule has 0 aliphatic heterocycles. The molecule has 0 radical (unpaired) electrons. The van der Waals surface area contributed by atoms with Gasteiger partial charge in [0.05, 0.1) is 0 Å². The van der Waals surface area contributed by atoms with Crippen molar-refractivity contribution in [3.05, 3.63) is 72.3 Å². The number of rotatable bonds is 9. The molecule has 0 bridgehead atoms. The van der Waals surface area contributed by atoms with Crippen molar-refractivity contribution in [2.24, 2.45) is 0 Å². The smallest absolute Gasteiger partial charge is 0.0240 e. The Bertz CT molecular complexity index is 634. The number of allylic oxidation sites excluding steroid dienone is 3. The lowest BCUT2D eigenvalue weighted by Crippen LogP contribution is -2.17. The van der Waals surface area contributed by atoms with Gasteiger partial charge >= 0.3 is 0 Å². The van der Waals surface area contributed by atoms with E-state index in [1.54, 1.807) is 0 Å². The van der Waals surface area contributed by atoms with Crippen molar-refractivity contribution < 1.29 is 0 Å². The van der Waals surface area contributed by atoms with Gasteiger partial charge in [-0.05, 0) is 36.2 Å². The Balaban J connectivity index is 1.80. The fourth-order valence-corrected chi connectivity index (χ4v) is 2.75. The quantitative estimate of drug-likeness (QED) is 0.408. The van der Waals surface area contributed by atoms with Crippen molar-refractivity contribution >= 4 is 10.8 Å². The van der Waals surface area contributed by atoms with Crippen molar-refractivity contribution in [2.45, 2.75) is 39.2 Å². The maximum absolute atomic E-state index is 2.36. The molecule has 0 unspecified atom stereocenters. The Morgan fingerprint density at radius 3 is 2.57 bits per heavy atom. The molecule has 122 valence electrons. The van der Waals surface area contributed by atoms with Gasteiger partial charge < -0.3 is 0 Å². The number of hydrogen-bond donors (Lipinski definition) is 0. The van der Waals surface area contributed by atoms with E-state index in [0.717, 1.165) is 19.5 Å². The first-order valence-electron chi connectivity index (χ1n) is 8.76. The van der Waals surface area contributed by atoms with Gasteiger partial charge in [-0.3, -0.25) is 4.90 Å². The van der Waals surface area contributed by atoms with E-state index in [4.69, 9.17) is 0 Å². The number of likely N-dealkylation sites (N-methyl/N-ethyl adjacent to an activating group) is 1. The molecule has 2 aromatic carbocycles. The normalized spacial score (nSPS) is 12.1. The number of benzene rings is 2. The molecule has 0 aliphatic carbocycles. The summed E-state index contributed by atoms with van der Waals surface area (Å²) in [6, 6.07) is 15.2. The third kappa shape index (κ3) is 6.03. The van der Waals surface area contributed by atoms with Crippen LogP contribution < -0.4 is 0 Å². The molecule has 2 rings (SSSR count). The van der Waals surface area contributed by atoms with Gasteiger partial charge in [-0.1, -0.05) is 86.5 Å². The van der Waals surface area contributed by atoms with Crippen LogP contribution in [0, 0.1) is 0 Å². The summed E-state index contributed by atoms with van der Waals surface area (Å²) in [5.41, 5.74) is 1.40.